The number of nitrogens with one attached hydrogen (secondary N) is 1. The molecule has 0 aliphatic carbocycles. The normalized spacial score (nSPS) is 11.4. The number of anilines is 1. The Morgan fingerprint density at radius 3 is 2.20 bits per heavy atom. The van der Waals surface area contributed by atoms with Gasteiger partial charge in [-0.05, 0) is 31.5 Å². The lowest BCUT2D eigenvalue weighted by Crippen LogP contribution is -2.27. The summed E-state index contributed by atoms with van der Waals surface area (Å²) < 4.78 is 5.17. The molecule has 4 heteroatoms. The first kappa shape index (κ1) is 14.3. The second-order valence-electron chi connectivity index (χ2n) is 5.98. The highest BCUT2D eigenvalue weighted by molar-refractivity contribution is 5.94. The summed E-state index contributed by atoms with van der Waals surface area (Å²) in [6.07, 6.45) is 0. The first-order valence-corrected chi connectivity index (χ1v) is 6.64. The summed E-state index contributed by atoms with van der Waals surface area (Å²) in [5.41, 5.74) is 3.31. The molecule has 1 amide bonds. The van der Waals surface area contributed by atoms with Crippen LogP contribution in [0.3, 0.4) is 0 Å². The van der Waals surface area contributed by atoms with Crippen LogP contribution in [0.15, 0.2) is 28.8 Å². The van der Waals surface area contributed by atoms with E-state index in [1.54, 1.807) is 0 Å². The van der Waals surface area contributed by atoms with Gasteiger partial charge in [-0.2, -0.15) is 0 Å². The molecule has 1 aromatic carbocycles. The number of aromatic nitrogens is 1. The van der Waals surface area contributed by atoms with Gasteiger partial charge in [0.25, 0.3) is 0 Å². The van der Waals surface area contributed by atoms with Crippen molar-refractivity contribution in [1.29, 1.82) is 0 Å². The summed E-state index contributed by atoms with van der Waals surface area (Å²) in [4.78, 5) is 11.9. The molecule has 0 aliphatic heterocycles. The molecule has 2 aromatic rings. The Hall–Kier alpha value is -2.10. The van der Waals surface area contributed by atoms with Gasteiger partial charge in [0.2, 0.25) is 5.91 Å². The maximum absolute atomic E-state index is 11.9. The maximum Gasteiger partial charge on any atom is 0.229 e. The first-order chi connectivity index (χ1) is 9.29. The number of carbonyl (C=O) groups excluding carboxylic acids is 1. The Balaban J connectivity index is 2.21. The third-order valence-corrected chi connectivity index (χ3v) is 3.15. The van der Waals surface area contributed by atoms with Crippen LogP contribution >= 0.6 is 0 Å². The molecule has 2 rings (SSSR count). The van der Waals surface area contributed by atoms with E-state index in [0.717, 1.165) is 28.3 Å². The highest BCUT2D eigenvalue weighted by Gasteiger charge is 2.21. The Labute approximate surface area is 119 Å². The largest absolute Gasteiger partial charge is 0.361 e. The van der Waals surface area contributed by atoms with Gasteiger partial charge in [0.1, 0.15) is 5.76 Å². The van der Waals surface area contributed by atoms with Gasteiger partial charge in [-0.15, -0.1) is 0 Å². The van der Waals surface area contributed by atoms with Crippen LogP contribution in [-0.2, 0) is 4.79 Å². The Kier molecular flexibility index (Phi) is 3.66. The molecule has 0 atom stereocenters. The van der Waals surface area contributed by atoms with Gasteiger partial charge < -0.3 is 9.84 Å². The monoisotopic (exact) mass is 272 g/mol. The van der Waals surface area contributed by atoms with Crippen molar-refractivity contribution in [3.05, 3.63) is 35.7 Å². The van der Waals surface area contributed by atoms with Gasteiger partial charge >= 0.3 is 0 Å². The number of aryl methyl sites for hydroxylation is 2. The lowest BCUT2D eigenvalue weighted by atomic mass is 9.95. The summed E-state index contributed by atoms with van der Waals surface area (Å²) >= 11 is 0. The van der Waals surface area contributed by atoms with Crippen LogP contribution in [0.4, 0.5) is 5.69 Å². The van der Waals surface area contributed by atoms with Gasteiger partial charge in [-0.25, -0.2) is 0 Å². The number of benzene rings is 1. The lowest BCUT2D eigenvalue weighted by Gasteiger charge is -2.17. The number of hydrogen-bond donors (Lipinski definition) is 1. The van der Waals surface area contributed by atoms with E-state index < -0.39 is 5.41 Å². The molecule has 1 aromatic heterocycles. The van der Waals surface area contributed by atoms with Gasteiger partial charge in [-0.3, -0.25) is 4.79 Å². The van der Waals surface area contributed by atoms with E-state index in [-0.39, 0.29) is 5.91 Å². The minimum absolute atomic E-state index is 0.00240. The zero-order valence-corrected chi connectivity index (χ0v) is 12.6. The van der Waals surface area contributed by atoms with Gasteiger partial charge in [0.05, 0.1) is 5.69 Å². The molecule has 0 fully saturated rings. The second-order valence-corrected chi connectivity index (χ2v) is 5.98. The van der Waals surface area contributed by atoms with Gasteiger partial charge in [-0.1, -0.05) is 38.1 Å². The van der Waals surface area contributed by atoms with Gasteiger partial charge in [0.15, 0.2) is 0 Å². The summed E-state index contributed by atoms with van der Waals surface area (Å²) in [5, 5.41) is 6.86. The molecule has 106 valence electrons. The predicted molar refractivity (Wildman–Crippen MR) is 79.5 cm³/mol. The minimum Gasteiger partial charge on any atom is -0.361 e. The highest BCUT2D eigenvalue weighted by atomic mass is 16.5. The Morgan fingerprint density at radius 2 is 1.75 bits per heavy atom. The van der Waals surface area contributed by atoms with Crippen molar-refractivity contribution >= 4 is 11.6 Å². The third-order valence-electron chi connectivity index (χ3n) is 3.15. The van der Waals surface area contributed by atoms with Crippen molar-refractivity contribution in [2.45, 2.75) is 34.6 Å². The summed E-state index contributed by atoms with van der Waals surface area (Å²) in [6.45, 7) is 9.48. The van der Waals surface area contributed by atoms with Crippen molar-refractivity contribution in [2.75, 3.05) is 5.32 Å². The quantitative estimate of drug-likeness (QED) is 0.900. The predicted octanol–water partition coefficient (Wildman–Crippen LogP) is 3.94. The van der Waals surface area contributed by atoms with Crippen LogP contribution < -0.4 is 5.32 Å². The maximum atomic E-state index is 11.9. The molecular weight excluding hydrogens is 252 g/mol. The van der Waals surface area contributed by atoms with Crippen LogP contribution in [-0.4, -0.2) is 11.1 Å². The summed E-state index contributed by atoms with van der Waals surface area (Å²) in [5.74, 6) is 0.802. The molecule has 0 saturated heterocycles. The fraction of sp³-hybridized carbons (Fsp3) is 0.375. The Morgan fingerprint density at radius 1 is 1.15 bits per heavy atom. The van der Waals surface area contributed by atoms with Crippen molar-refractivity contribution < 1.29 is 9.32 Å². The standard InChI is InChI=1S/C16H20N2O2/c1-10-14(11(2)20-18-10)12-6-8-13(9-7-12)17-15(19)16(3,4)5/h6-9H,1-5H3,(H,17,19). The number of carbonyl (C=O) groups is 1. The minimum atomic E-state index is -0.402. The van der Waals surface area contributed by atoms with Crippen LogP contribution in [0.5, 0.6) is 0 Å². The van der Waals surface area contributed by atoms with Crippen molar-refractivity contribution in [2.24, 2.45) is 5.41 Å². The molecule has 1 N–H and O–H groups in total. The molecule has 0 unspecified atom stereocenters. The number of nitrogens with zero attached hydrogens (tertiary/aromatic N) is 1. The van der Waals surface area contributed by atoms with Crippen molar-refractivity contribution in [3.63, 3.8) is 0 Å². The fourth-order valence-corrected chi connectivity index (χ4v) is 1.93. The van der Waals surface area contributed by atoms with Gasteiger partial charge in [0, 0.05) is 16.7 Å². The first-order valence-electron chi connectivity index (χ1n) is 6.64. The van der Waals surface area contributed by atoms with Crippen LogP contribution in [0.1, 0.15) is 32.2 Å². The van der Waals surface area contributed by atoms with Crippen LogP contribution in [0.2, 0.25) is 0 Å². The number of hydrogen-bond acceptors (Lipinski definition) is 3. The van der Waals surface area contributed by atoms with Crippen molar-refractivity contribution in [3.8, 4) is 11.1 Å². The van der Waals surface area contributed by atoms with E-state index in [9.17, 15) is 4.79 Å². The molecule has 20 heavy (non-hydrogen) atoms. The molecule has 0 radical (unpaired) electrons. The van der Waals surface area contributed by atoms with Crippen LogP contribution in [0.25, 0.3) is 11.1 Å². The van der Waals surface area contributed by atoms with Crippen molar-refractivity contribution in [1.82, 2.24) is 5.16 Å². The molecular formula is C16H20N2O2. The molecule has 0 spiro atoms. The van der Waals surface area contributed by atoms with E-state index in [2.05, 4.69) is 10.5 Å². The fourth-order valence-electron chi connectivity index (χ4n) is 1.93. The molecule has 4 nitrogen and oxygen atoms in total. The third kappa shape index (κ3) is 2.90. The molecule has 0 saturated carbocycles. The average Bonchev–Trinajstić information content (AvgIpc) is 2.69. The molecule has 0 aliphatic rings. The Bertz CT molecular complexity index is 599. The summed E-state index contributed by atoms with van der Waals surface area (Å²) in [6, 6.07) is 7.71. The smallest absolute Gasteiger partial charge is 0.229 e. The zero-order chi connectivity index (χ0) is 14.9. The average molecular weight is 272 g/mol. The number of amides is 1. The van der Waals surface area contributed by atoms with E-state index >= 15 is 0 Å². The highest BCUT2D eigenvalue weighted by Crippen LogP contribution is 2.28. The summed E-state index contributed by atoms with van der Waals surface area (Å²) in [7, 11) is 0. The second kappa shape index (κ2) is 5.12. The van der Waals surface area contributed by atoms with E-state index in [1.165, 1.54) is 0 Å². The van der Waals surface area contributed by atoms with E-state index in [0.29, 0.717) is 0 Å². The molecule has 1 heterocycles. The number of rotatable bonds is 2. The van der Waals surface area contributed by atoms with E-state index in [1.807, 2.05) is 58.9 Å². The van der Waals surface area contributed by atoms with E-state index in [4.69, 9.17) is 4.52 Å². The topological polar surface area (TPSA) is 55.1 Å². The van der Waals surface area contributed by atoms with Crippen LogP contribution in [0, 0.1) is 19.3 Å². The lowest BCUT2D eigenvalue weighted by molar-refractivity contribution is -0.123. The molecule has 0 bridgehead atoms. The SMILES string of the molecule is Cc1noc(C)c1-c1ccc(NC(=O)C(C)(C)C)cc1. The zero-order valence-electron chi connectivity index (χ0n) is 12.6.